The number of nitrogens with one attached hydrogen (secondary N) is 1. The van der Waals surface area contributed by atoms with Crippen molar-refractivity contribution in [2.45, 2.75) is 32.2 Å². The number of carbonyl (C=O) groups is 1. The van der Waals surface area contributed by atoms with Crippen LogP contribution in [-0.2, 0) is 4.79 Å². The van der Waals surface area contributed by atoms with Gasteiger partial charge in [-0.3, -0.25) is 4.79 Å². The molecule has 19 heavy (non-hydrogen) atoms. The molecule has 0 radical (unpaired) electrons. The quantitative estimate of drug-likeness (QED) is 0.924. The molecule has 0 saturated carbocycles. The average Bonchev–Trinajstić information content (AvgIpc) is 2.43. The fraction of sp³-hybridized carbons (Fsp3) is 0.500. The number of hydrogen-bond acceptors (Lipinski definition) is 2. The van der Waals surface area contributed by atoms with E-state index in [4.69, 9.17) is 11.6 Å². The maximum absolute atomic E-state index is 13.6. The van der Waals surface area contributed by atoms with Crippen LogP contribution in [0.5, 0.6) is 0 Å². The van der Waals surface area contributed by atoms with Gasteiger partial charge in [0.15, 0.2) is 0 Å². The van der Waals surface area contributed by atoms with Gasteiger partial charge in [0.1, 0.15) is 11.9 Å². The van der Waals surface area contributed by atoms with Gasteiger partial charge in [0.2, 0.25) is 5.91 Å². The van der Waals surface area contributed by atoms with Gasteiger partial charge in [-0.25, -0.2) is 4.39 Å². The molecule has 0 aliphatic carbocycles. The van der Waals surface area contributed by atoms with Gasteiger partial charge in [-0.2, -0.15) is 0 Å². The second kappa shape index (κ2) is 6.24. The number of carbonyl (C=O) groups excluding carboxylic acids is 1. The lowest BCUT2D eigenvalue weighted by Gasteiger charge is -2.29. The first-order valence-corrected chi connectivity index (χ1v) is 6.96. The Kier molecular flexibility index (Phi) is 4.64. The lowest BCUT2D eigenvalue weighted by molar-refractivity contribution is -0.132. The Morgan fingerprint density at radius 3 is 2.74 bits per heavy atom. The van der Waals surface area contributed by atoms with Crippen molar-refractivity contribution in [3.05, 3.63) is 29.0 Å². The summed E-state index contributed by atoms with van der Waals surface area (Å²) in [5, 5.41) is 3.34. The predicted octanol–water partition coefficient (Wildman–Crippen LogP) is 3.29. The molecule has 1 aromatic rings. The van der Waals surface area contributed by atoms with E-state index < -0.39 is 11.9 Å². The van der Waals surface area contributed by atoms with Gasteiger partial charge in [0.05, 0.1) is 5.69 Å². The van der Waals surface area contributed by atoms with Crippen molar-refractivity contribution < 1.29 is 9.18 Å². The van der Waals surface area contributed by atoms with Gasteiger partial charge >= 0.3 is 0 Å². The predicted molar refractivity (Wildman–Crippen MR) is 74.9 cm³/mol. The summed E-state index contributed by atoms with van der Waals surface area (Å²) in [6.07, 6.45) is 3.27. The molecule has 1 aliphatic heterocycles. The summed E-state index contributed by atoms with van der Waals surface area (Å²) in [7, 11) is 0. The summed E-state index contributed by atoms with van der Waals surface area (Å²) in [4.78, 5) is 14.0. The van der Waals surface area contributed by atoms with Gasteiger partial charge in [-0.15, -0.1) is 0 Å². The molecule has 2 rings (SSSR count). The third-order valence-corrected chi connectivity index (χ3v) is 3.57. The van der Waals surface area contributed by atoms with Crippen molar-refractivity contribution >= 4 is 23.2 Å². The second-order valence-corrected chi connectivity index (χ2v) is 5.31. The lowest BCUT2D eigenvalue weighted by atomic mass is 10.1. The monoisotopic (exact) mass is 284 g/mol. The molecular weight excluding hydrogens is 267 g/mol. The van der Waals surface area contributed by atoms with E-state index in [1.807, 2.05) is 4.90 Å². The molecule has 1 fully saturated rings. The average molecular weight is 285 g/mol. The van der Waals surface area contributed by atoms with Crippen LogP contribution in [-0.4, -0.2) is 29.9 Å². The molecule has 0 bridgehead atoms. The first-order chi connectivity index (χ1) is 9.08. The maximum atomic E-state index is 13.6. The van der Waals surface area contributed by atoms with Crippen LogP contribution in [0, 0.1) is 5.82 Å². The maximum Gasteiger partial charge on any atom is 0.244 e. The molecule has 3 nitrogen and oxygen atoms in total. The number of benzene rings is 1. The van der Waals surface area contributed by atoms with Crippen molar-refractivity contribution in [1.82, 2.24) is 4.90 Å². The summed E-state index contributed by atoms with van der Waals surface area (Å²) >= 11 is 5.83. The highest BCUT2D eigenvalue weighted by Gasteiger charge is 2.22. The van der Waals surface area contributed by atoms with E-state index in [1.165, 1.54) is 24.6 Å². The minimum atomic E-state index is -0.453. The van der Waals surface area contributed by atoms with Gasteiger partial charge in [-0.1, -0.05) is 11.6 Å². The first kappa shape index (κ1) is 14.1. The van der Waals surface area contributed by atoms with Crippen LogP contribution >= 0.6 is 11.6 Å². The molecule has 0 aromatic heterocycles. The van der Waals surface area contributed by atoms with E-state index in [0.717, 1.165) is 25.9 Å². The topological polar surface area (TPSA) is 32.3 Å². The standard InChI is InChI=1S/C14H18ClFN2O/c1-10(14(19)18-7-3-2-4-8-18)17-13-9-11(15)5-6-12(13)16/h5-6,9-10,17H,2-4,7-8H2,1H3. The number of halogens is 2. The van der Waals surface area contributed by atoms with E-state index in [9.17, 15) is 9.18 Å². The molecule has 1 saturated heterocycles. The number of rotatable bonds is 3. The van der Waals surface area contributed by atoms with Crippen molar-refractivity contribution in [3.8, 4) is 0 Å². The molecule has 1 aromatic carbocycles. The number of nitrogens with zero attached hydrogens (tertiary/aromatic N) is 1. The molecule has 104 valence electrons. The number of hydrogen-bond donors (Lipinski definition) is 1. The second-order valence-electron chi connectivity index (χ2n) is 4.88. The van der Waals surface area contributed by atoms with Crippen LogP contribution in [0.2, 0.25) is 5.02 Å². The van der Waals surface area contributed by atoms with Gasteiger partial charge in [0.25, 0.3) is 0 Å². The van der Waals surface area contributed by atoms with E-state index in [1.54, 1.807) is 6.92 Å². The number of piperidine rings is 1. The molecular formula is C14H18ClFN2O. The van der Waals surface area contributed by atoms with Crippen LogP contribution in [0.25, 0.3) is 0 Å². The Bertz CT molecular complexity index is 461. The van der Waals surface area contributed by atoms with E-state index >= 15 is 0 Å². The van der Waals surface area contributed by atoms with Gasteiger partial charge in [0, 0.05) is 18.1 Å². The first-order valence-electron chi connectivity index (χ1n) is 6.58. The molecule has 1 heterocycles. The third-order valence-electron chi connectivity index (χ3n) is 3.34. The highest BCUT2D eigenvalue weighted by Crippen LogP contribution is 2.21. The fourth-order valence-electron chi connectivity index (χ4n) is 2.29. The molecule has 1 amide bonds. The molecule has 1 N–H and O–H groups in total. The van der Waals surface area contributed by atoms with Crippen LogP contribution in [0.4, 0.5) is 10.1 Å². The number of likely N-dealkylation sites (tertiary alicyclic amines) is 1. The highest BCUT2D eigenvalue weighted by atomic mass is 35.5. The summed E-state index contributed by atoms with van der Waals surface area (Å²) in [5.74, 6) is -0.387. The molecule has 0 spiro atoms. The Morgan fingerprint density at radius 2 is 2.05 bits per heavy atom. The van der Waals surface area contributed by atoms with Crippen LogP contribution in [0.15, 0.2) is 18.2 Å². The minimum Gasteiger partial charge on any atom is -0.371 e. The van der Waals surface area contributed by atoms with Crippen molar-refractivity contribution in [1.29, 1.82) is 0 Å². The zero-order valence-corrected chi connectivity index (χ0v) is 11.7. The van der Waals surface area contributed by atoms with E-state index in [-0.39, 0.29) is 11.6 Å². The highest BCUT2D eigenvalue weighted by molar-refractivity contribution is 6.30. The lowest BCUT2D eigenvalue weighted by Crippen LogP contribution is -2.44. The van der Waals surface area contributed by atoms with Gasteiger partial charge < -0.3 is 10.2 Å². The Hall–Kier alpha value is -1.29. The third kappa shape index (κ3) is 3.60. The molecule has 5 heteroatoms. The summed E-state index contributed by atoms with van der Waals surface area (Å²) in [6.45, 7) is 3.34. The number of amides is 1. The summed E-state index contributed by atoms with van der Waals surface area (Å²) in [6, 6.07) is 3.82. The molecule has 1 unspecified atom stereocenters. The smallest absolute Gasteiger partial charge is 0.244 e. The Labute approximate surface area is 117 Å². The minimum absolute atomic E-state index is 0.0130. The van der Waals surface area contributed by atoms with Crippen LogP contribution in [0.1, 0.15) is 26.2 Å². The SMILES string of the molecule is CC(Nc1cc(Cl)ccc1F)C(=O)N1CCCCC1. The van der Waals surface area contributed by atoms with Crippen molar-refractivity contribution in [2.75, 3.05) is 18.4 Å². The van der Waals surface area contributed by atoms with Crippen LogP contribution in [0.3, 0.4) is 0 Å². The zero-order valence-electron chi connectivity index (χ0n) is 11.0. The number of anilines is 1. The molecule has 1 aliphatic rings. The van der Waals surface area contributed by atoms with E-state index in [0.29, 0.717) is 5.02 Å². The summed E-state index contributed by atoms with van der Waals surface area (Å²) < 4.78 is 13.6. The summed E-state index contributed by atoms with van der Waals surface area (Å²) in [5.41, 5.74) is 0.269. The Balaban J connectivity index is 2.01. The molecule has 1 atom stereocenters. The van der Waals surface area contributed by atoms with Crippen molar-refractivity contribution in [2.24, 2.45) is 0 Å². The van der Waals surface area contributed by atoms with Crippen molar-refractivity contribution in [3.63, 3.8) is 0 Å². The fourth-order valence-corrected chi connectivity index (χ4v) is 2.46. The van der Waals surface area contributed by atoms with E-state index in [2.05, 4.69) is 5.32 Å². The zero-order chi connectivity index (χ0) is 13.8. The normalized spacial score (nSPS) is 17.1. The largest absolute Gasteiger partial charge is 0.371 e. The van der Waals surface area contributed by atoms with Crippen LogP contribution < -0.4 is 5.32 Å². The Morgan fingerprint density at radius 1 is 1.37 bits per heavy atom. The van der Waals surface area contributed by atoms with Gasteiger partial charge in [-0.05, 0) is 44.4 Å².